The first-order chi connectivity index (χ1) is 18.0. The third kappa shape index (κ3) is 5.70. The number of rotatable bonds is 10. The molecule has 196 valence electrons. The van der Waals surface area contributed by atoms with Gasteiger partial charge in [-0.15, -0.1) is 0 Å². The van der Waals surface area contributed by atoms with Gasteiger partial charge in [-0.25, -0.2) is 0 Å². The second-order valence-corrected chi connectivity index (χ2v) is 9.12. The van der Waals surface area contributed by atoms with E-state index in [0.717, 1.165) is 16.9 Å². The van der Waals surface area contributed by atoms with E-state index in [2.05, 4.69) is 5.32 Å². The van der Waals surface area contributed by atoms with E-state index < -0.39 is 24.2 Å². The number of aliphatic hydroxyl groups is 2. The number of amides is 2. The van der Waals surface area contributed by atoms with E-state index in [1.807, 2.05) is 55.5 Å². The number of ether oxygens (including phenoxy) is 2. The van der Waals surface area contributed by atoms with Gasteiger partial charge in [0.25, 0.3) is 0 Å². The highest BCUT2D eigenvalue weighted by Gasteiger charge is 2.50. The molecule has 0 saturated carbocycles. The maximum absolute atomic E-state index is 13.3. The van der Waals surface area contributed by atoms with Gasteiger partial charge < -0.3 is 29.9 Å². The Hall–Kier alpha value is -3.62. The third-order valence-electron chi connectivity index (χ3n) is 6.79. The number of hydrogen-bond acceptors (Lipinski definition) is 6. The summed E-state index contributed by atoms with van der Waals surface area (Å²) >= 11 is 0. The minimum Gasteiger partial charge on any atom is -0.497 e. The first-order valence-corrected chi connectivity index (χ1v) is 12.6. The van der Waals surface area contributed by atoms with Crippen molar-refractivity contribution in [1.82, 2.24) is 10.2 Å². The SMILES string of the molecule is CCC=CC(=O)N(CCc1cccc(OC)c1)C1C=C(C(=O)NCCO)C2c3ccccc3OC2C1O. The lowest BCUT2D eigenvalue weighted by Gasteiger charge is -2.40. The fraction of sp³-hybridized carbons (Fsp3) is 0.379. The van der Waals surface area contributed by atoms with Crippen LogP contribution in [0.3, 0.4) is 0 Å². The van der Waals surface area contributed by atoms with Crippen molar-refractivity contribution in [2.24, 2.45) is 0 Å². The molecule has 1 aliphatic heterocycles. The molecule has 2 aromatic carbocycles. The number of aliphatic hydroxyl groups excluding tert-OH is 2. The Morgan fingerprint density at radius 1 is 1.19 bits per heavy atom. The molecule has 2 aliphatic rings. The van der Waals surface area contributed by atoms with Gasteiger partial charge in [0.2, 0.25) is 11.8 Å². The molecule has 1 heterocycles. The van der Waals surface area contributed by atoms with E-state index in [1.165, 1.54) is 6.08 Å². The van der Waals surface area contributed by atoms with E-state index in [1.54, 1.807) is 24.2 Å². The van der Waals surface area contributed by atoms with Crippen molar-refractivity contribution < 1.29 is 29.3 Å². The Bertz CT molecular complexity index is 1180. The second kappa shape index (κ2) is 12.1. The minimum atomic E-state index is -1.06. The number of carbonyl (C=O) groups is 2. The lowest BCUT2D eigenvalue weighted by atomic mass is 9.77. The number of methoxy groups -OCH3 is 1. The van der Waals surface area contributed by atoms with Gasteiger partial charge in [0.05, 0.1) is 25.7 Å². The molecular formula is C29H34N2O6. The number of fused-ring (bicyclic) bond motifs is 3. The van der Waals surface area contributed by atoms with Crippen LogP contribution in [0.1, 0.15) is 30.4 Å². The summed E-state index contributed by atoms with van der Waals surface area (Å²) in [6, 6.07) is 14.2. The lowest BCUT2D eigenvalue weighted by molar-refractivity contribution is -0.132. The lowest BCUT2D eigenvalue weighted by Crippen LogP contribution is -2.56. The number of para-hydroxylation sites is 1. The molecule has 37 heavy (non-hydrogen) atoms. The fourth-order valence-electron chi connectivity index (χ4n) is 4.99. The van der Waals surface area contributed by atoms with Crippen LogP contribution in [0.25, 0.3) is 0 Å². The molecule has 2 aromatic rings. The summed E-state index contributed by atoms with van der Waals surface area (Å²) in [6.45, 7) is 2.16. The number of allylic oxidation sites excluding steroid dienone is 1. The molecule has 0 saturated heterocycles. The summed E-state index contributed by atoms with van der Waals surface area (Å²) in [7, 11) is 1.60. The standard InChI is InChI=1S/C29H34N2O6/c1-3-4-12-25(33)31(15-13-19-8-7-9-20(17-19)36-2)23-18-22(29(35)30-14-16-32)26-21-10-5-6-11-24(21)37-28(26)27(23)34/h4-12,17-18,23,26-28,32,34H,3,13-16H2,1-2H3,(H,30,35). The highest BCUT2D eigenvalue weighted by atomic mass is 16.5. The maximum Gasteiger partial charge on any atom is 0.247 e. The van der Waals surface area contributed by atoms with Crippen LogP contribution in [0.15, 0.2) is 72.3 Å². The molecule has 0 spiro atoms. The molecular weight excluding hydrogens is 472 g/mol. The second-order valence-electron chi connectivity index (χ2n) is 9.12. The Morgan fingerprint density at radius 3 is 2.76 bits per heavy atom. The van der Waals surface area contributed by atoms with Crippen molar-refractivity contribution in [3.05, 3.63) is 83.5 Å². The van der Waals surface area contributed by atoms with Gasteiger partial charge in [0.15, 0.2) is 0 Å². The molecule has 0 bridgehead atoms. The summed E-state index contributed by atoms with van der Waals surface area (Å²) in [5.74, 6) is 0.238. The predicted octanol–water partition coefficient (Wildman–Crippen LogP) is 2.36. The van der Waals surface area contributed by atoms with E-state index >= 15 is 0 Å². The fourth-order valence-corrected chi connectivity index (χ4v) is 4.99. The normalized spacial score (nSPS) is 22.0. The molecule has 2 amide bonds. The average molecular weight is 507 g/mol. The maximum atomic E-state index is 13.3. The number of benzene rings is 2. The Morgan fingerprint density at radius 2 is 2.00 bits per heavy atom. The van der Waals surface area contributed by atoms with Gasteiger partial charge in [-0.3, -0.25) is 9.59 Å². The van der Waals surface area contributed by atoms with Crippen molar-refractivity contribution in [3.8, 4) is 11.5 Å². The van der Waals surface area contributed by atoms with Crippen LogP contribution >= 0.6 is 0 Å². The quantitative estimate of drug-likeness (QED) is 0.427. The first-order valence-electron chi connectivity index (χ1n) is 12.6. The van der Waals surface area contributed by atoms with Gasteiger partial charge >= 0.3 is 0 Å². The topological polar surface area (TPSA) is 108 Å². The minimum absolute atomic E-state index is 0.0982. The van der Waals surface area contributed by atoms with Crippen molar-refractivity contribution >= 4 is 11.8 Å². The average Bonchev–Trinajstić information content (AvgIpc) is 3.32. The Kier molecular flexibility index (Phi) is 8.63. The highest BCUT2D eigenvalue weighted by molar-refractivity contribution is 5.96. The smallest absolute Gasteiger partial charge is 0.247 e. The van der Waals surface area contributed by atoms with Crippen LogP contribution < -0.4 is 14.8 Å². The molecule has 0 fully saturated rings. The summed E-state index contributed by atoms with van der Waals surface area (Å²) in [5.41, 5.74) is 2.21. The van der Waals surface area contributed by atoms with Crippen LogP contribution in [0.4, 0.5) is 0 Å². The van der Waals surface area contributed by atoms with E-state index in [4.69, 9.17) is 9.47 Å². The zero-order valence-corrected chi connectivity index (χ0v) is 21.2. The first kappa shape index (κ1) is 26.4. The van der Waals surface area contributed by atoms with Crippen LogP contribution in [-0.4, -0.2) is 72.0 Å². The van der Waals surface area contributed by atoms with Gasteiger partial charge in [0, 0.05) is 24.2 Å². The monoisotopic (exact) mass is 506 g/mol. The van der Waals surface area contributed by atoms with Crippen LogP contribution in [-0.2, 0) is 16.0 Å². The van der Waals surface area contributed by atoms with Gasteiger partial charge in [0.1, 0.15) is 23.7 Å². The third-order valence-corrected chi connectivity index (χ3v) is 6.79. The van der Waals surface area contributed by atoms with Crippen molar-refractivity contribution in [2.75, 3.05) is 26.8 Å². The summed E-state index contributed by atoms with van der Waals surface area (Å²) < 4.78 is 11.5. The number of hydrogen-bond donors (Lipinski definition) is 3. The zero-order chi connectivity index (χ0) is 26.4. The zero-order valence-electron chi connectivity index (χ0n) is 21.2. The molecule has 3 N–H and O–H groups in total. The van der Waals surface area contributed by atoms with Crippen molar-refractivity contribution in [2.45, 2.75) is 43.9 Å². The summed E-state index contributed by atoms with van der Waals surface area (Å²) in [6.07, 6.45) is 4.40. The highest BCUT2D eigenvalue weighted by Crippen LogP contribution is 2.47. The van der Waals surface area contributed by atoms with E-state index in [9.17, 15) is 19.8 Å². The molecule has 4 atom stereocenters. The largest absolute Gasteiger partial charge is 0.497 e. The number of nitrogens with one attached hydrogen (secondary N) is 1. The van der Waals surface area contributed by atoms with Crippen LogP contribution in [0, 0.1) is 0 Å². The molecule has 0 aromatic heterocycles. The summed E-state index contributed by atoms with van der Waals surface area (Å²) in [5, 5.41) is 23.5. The van der Waals surface area contributed by atoms with E-state index in [-0.39, 0.29) is 25.0 Å². The predicted molar refractivity (Wildman–Crippen MR) is 139 cm³/mol. The summed E-state index contributed by atoms with van der Waals surface area (Å²) in [4.78, 5) is 28.2. The van der Waals surface area contributed by atoms with Gasteiger partial charge in [-0.05, 0) is 48.8 Å². The molecule has 1 aliphatic carbocycles. The van der Waals surface area contributed by atoms with Crippen molar-refractivity contribution in [3.63, 3.8) is 0 Å². The Labute approximate surface area is 217 Å². The molecule has 0 radical (unpaired) electrons. The molecule has 8 heteroatoms. The van der Waals surface area contributed by atoms with Gasteiger partial charge in [-0.2, -0.15) is 0 Å². The molecule has 8 nitrogen and oxygen atoms in total. The van der Waals surface area contributed by atoms with E-state index in [0.29, 0.717) is 30.7 Å². The number of nitrogens with zero attached hydrogens (tertiary/aromatic N) is 1. The van der Waals surface area contributed by atoms with Crippen molar-refractivity contribution in [1.29, 1.82) is 0 Å². The number of carbonyl (C=O) groups excluding carboxylic acids is 2. The van der Waals surface area contributed by atoms with Crippen LogP contribution in [0.2, 0.25) is 0 Å². The Balaban J connectivity index is 1.70. The van der Waals surface area contributed by atoms with Gasteiger partial charge in [-0.1, -0.05) is 43.3 Å². The van der Waals surface area contributed by atoms with Crippen LogP contribution in [0.5, 0.6) is 11.5 Å². The molecule has 4 unspecified atom stereocenters. The molecule has 4 rings (SSSR count).